The Kier molecular flexibility index (Phi) is 3.96. The second-order valence-electron chi connectivity index (χ2n) is 4.13. The number of nitrogens with zero attached hydrogens (tertiary/aromatic N) is 1. The summed E-state index contributed by atoms with van der Waals surface area (Å²) in [5.41, 5.74) is -0.833. The molecule has 104 valence electrons. The third-order valence-corrected chi connectivity index (χ3v) is 2.77. The molecule has 1 heterocycles. The van der Waals surface area contributed by atoms with E-state index in [-0.39, 0.29) is 17.6 Å². The van der Waals surface area contributed by atoms with E-state index in [1.807, 2.05) is 0 Å². The number of halogens is 3. The smallest absolute Gasteiger partial charge is 0.423 e. The molecule has 0 aliphatic carbocycles. The Morgan fingerprint density at radius 2 is 1.80 bits per heavy atom. The molecule has 4 nitrogen and oxygen atoms in total. The van der Waals surface area contributed by atoms with Gasteiger partial charge in [0.2, 0.25) is 5.56 Å². The average molecular weight is 283 g/mol. The molecule has 0 atom stereocenters. The van der Waals surface area contributed by atoms with Crippen molar-refractivity contribution in [2.75, 3.05) is 0 Å². The van der Waals surface area contributed by atoms with Crippen LogP contribution in [0.3, 0.4) is 0 Å². The zero-order valence-electron chi connectivity index (χ0n) is 10.1. The van der Waals surface area contributed by atoms with Crippen molar-refractivity contribution < 1.29 is 23.2 Å². The Hall–Kier alpha value is -2.06. The summed E-state index contributed by atoms with van der Waals surface area (Å²) in [6.45, 7) is -0.302. The van der Waals surface area contributed by atoms with Gasteiger partial charge in [-0.1, -0.05) is 6.07 Å². The molecule has 0 saturated carbocycles. The predicted octanol–water partition coefficient (Wildman–Crippen LogP) is -0.00630. The minimum Gasteiger partial charge on any atom is -0.423 e. The van der Waals surface area contributed by atoms with Crippen LogP contribution in [0.15, 0.2) is 35.3 Å². The summed E-state index contributed by atoms with van der Waals surface area (Å²) in [7, 11) is -1.79. The molecule has 0 radical (unpaired) electrons. The monoisotopic (exact) mass is 283 g/mol. The van der Waals surface area contributed by atoms with Crippen LogP contribution in [0.4, 0.5) is 13.2 Å². The van der Waals surface area contributed by atoms with Crippen molar-refractivity contribution in [1.82, 2.24) is 4.57 Å². The van der Waals surface area contributed by atoms with Crippen LogP contribution in [-0.4, -0.2) is 21.7 Å². The quantitative estimate of drug-likeness (QED) is 0.615. The summed E-state index contributed by atoms with van der Waals surface area (Å²) in [6.07, 6.45) is 1.21. The van der Waals surface area contributed by atoms with Crippen LogP contribution < -0.4 is 11.0 Å². The highest BCUT2D eigenvalue weighted by Crippen LogP contribution is 2.15. The Labute approximate surface area is 111 Å². The van der Waals surface area contributed by atoms with Gasteiger partial charge in [-0.05, 0) is 17.6 Å². The summed E-state index contributed by atoms with van der Waals surface area (Å²) in [4.78, 5) is 11.7. The summed E-state index contributed by atoms with van der Waals surface area (Å²) in [5.74, 6) is -4.27. The van der Waals surface area contributed by atoms with Gasteiger partial charge in [-0.15, -0.1) is 0 Å². The lowest BCUT2D eigenvalue weighted by Crippen LogP contribution is -2.35. The van der Waals surface area contributed by atoms with Crippen LogP contribution in [-0.2, 0) is 6.54 Å². The van der Waals surface area contributed by atoms with Crippen molar-refractivity contribution in [3.05, 3.63) is 63.8 Å². The molecule has 0 aliphatic rings. The van der Waals surface area contributed by atoms with E-state index >= 15 is 0 Å². The van der Waals surface area contributed by atoms with Gasteiger partial charge in [-0.2, -0.15) is 0 Å². The van der Waals surface area contributed by atoms with E-state index in [4.69, 9.17) is 10.0 Å². The first-order valence-corrected chi connectivity index (χ1v) is 5.59. The van der Waals surface area contributed by atoms with E-state index in [2.05, 4.69) is 0 Å². The van der Waals surface area contributed by atoms with Crippen molar-refractivity contribution in [2.45, 2.75) is 6.54 Å². The molecule has 2 N–H and O–H groups in total. The van der Waals surface area contributed by atoms with Gasteiger partial charge < -0.3 is 14.6 Å². The number of benzene rings is 1. The Balaban J connectivity index is 2.36. The molecule has 0 saturated heterocycles. The summed E-state index contributed by atoms with van der Waals surface area (Å²) in [6, 6.07) is 4.02. The van der Waals surface area contributed by atoms with E-state index < -0.39 is 30.1 Å². The molecule has 2 aromatic rings. The average Bonchev–Trinajstić information content (AvgIpc) is 2.41. The molecule has 1 aromatic carbocycles. The van der Waals surface area contributed by atoms with E-state index in [0.717, 1.165) is 22.8 Å². The third kappa shape index (κ3) is 2.76. The zero-order valence-corrected chi connectivity index (χ0v) is 10.1. The van der Waals surface area contributed by atoms with Crippen molar-refractivity contribution in [3.63, 3.8) is 0 Å². The lowest BCUT2D eigenvalue weighted by Gasteiger charge is -2.08. The van der Waals surface area contributed by atoms with Crippen molar-refractivity contribution in [2.24, 2.45) is 0 Å². The molecule has 0 aliphatic heterocycles. The van der Waals surface area contributed by atoms with Crippen LogP contribution in [0.1, 0.15) is 5.56 Å². The largest absolute Gasteiger partial charge is 0.488 e. The fourth-order valence-electron chi connectivity index (χ4n) is 1.69. The number of rotatable bonds is 3. The fraction of sp³-hybridized carbons (Fsp3) is 0.0833. The maximum Gasteiger partial charge on any atom is 0.488 e. The Morgan fingerprint density at radius 3 is 2.40 bits per heavy atom. The summed E-state index contributed by atoms with van der Waals surface area (Å²) in [5, 5.41) is 17.8. The van der Waals surface area contributed by atoms with Gasteiger partial charge in [-0.25, -0.2) is 13.2 Å². The number of hydrogen-bond donors (Lipinski definition) is 2. The molecule has 0 bridgehead atoms. The van der Waals surface area contributed by atoms with E-state index in [0.29, 0.717) is 0 Å². The molecule has 0 amide bonds. The maximum atomic E-state index is 13.5. The fourth-order valence-corrected chi connectivity index (χ4v) is 1.69. The van der Waals surface area contributed by atoms with Crippen LogP contribution in [0.2, 0.25) is 0 Å². The predicted molar refractivity (Wildman–Crippen MR) is 65.9 cm³/mol. The molecular weight excluding hydrogens is 274 g/mol. The molecule has 0 spiro atoms. The molecule has 2 rings (SSSR count). The van der Waals surface area contributed by atoms with Crippen molar-refractivity contribution >= 4 is 12.6 Å². The minimum absolute atomic E-state index is 0.0167. The van der Waals surface area contributed by atoms with Gasteiger partial charge >= 0.3 is 7.12 Å². The van der Waals surface area contributed by atoms with Crippen molar-refractivity contribution in [1.29, 1.82) is 0 Å². The summed E-state index contributed by atoms with van der Waals surface area (Å²) >= 11 is 0. The zero-order chi connectivity index (χ0) is 14.9. The van der Waals surface area contributed by atoms with E-state index in [1.54, 1.807) is 0 Å². The highest BCUT2D eigenvalue weighted by atomic mass is 19.2. The van der Waals surface area contributed by atoms with Crippen molar-refractivity contribution in [3.8, 4) is 0 Å². The first kappa shape index (κ1) is 14.4. The van der Waals surface area contributed by atoms with E-state index in [9.17, 15) is 18.0 Å². The summed E-state index contributed by atoms with van der Waals surface area (Å²) < 4.78 is 40.3. The normalized spacial score (nSPS) is 10.7. The van der Waals surface area contributed by atoms with Gasteiger partial charge in [0.15, 0.2) is 17.5 Å². The molecular formula is C12H9BF3NO3. The van der Waals surface area contributed by atoms with Crippen LogP contribution in [0.5, 0.6) is 0 Å². The van der Waals surface area contributed by atoms with Gasteiger partial charge in [0.25, 0.3) is 0 Å². The molecule has 1 aromatic heterocycles. The lowest BCUT2D eigenvalue weighted by atomic mass is 9.81. The van der Waals surface area contributed by atoms with E-state index in [1.165, 1.54) is 12.3 Å². The van der Waals surface area contributed by atoms with Gasteiger partial charge in [0.1, 0.15) is 0 Å². The number of aromatic nitrogens is 1. The molecule has 20 heavy (non-hydrogen) atoms. The SMILES string of the molecule is O=c1cc(B(O)O)ccn1Cc1ccc(F)c(F)c1F. The topological polar surface area (TPSA) is 62.5 Å². The Morgan fingerprint density at radius 1 is 1.10 bits per heavy atom. The third-order valence-electron chi connectivity index (χ3n) is 2.77. The first-order valence-electron chi connectivity index (χ1n) is 5.59. The second kappa shape index (κ2) is 5.52. The van der Waals surface area contributed by atoms with Gasteiger partial charge in [0, 0.05) is 17.8 Å². The molecule has 0 unspecified atom stereocenters. The Bertz CT molecular complexity index is 703. The van der Waals surface area contributed by atoms with Gasteiger partial charge in [-0.3, -0.25) is 4.79 Å². The molecule has 8 heteroatoms. The lowest BCUT2D eigenvalue weighted by molar-refractivity contribution is 0.425. The highest BCUT2D eigenvalue weighted by Gasteiger charge is 2.15. The van der Waals surface area contributed by atoms with Crippen LogP contribution in [0, 0.1) is 17.5 Å². The highest BCUT2D eigenvalue weighted by molar-refractivity contribution is 6.58. The van der Waals surface area contributed by atoms with Crippen LogP contribution in [0.25, 0.3) is 0 Å². The first-order chi connectivity index (χ1) is 9.40. The number of hydrogen-bond acceptors (Lipinski definition) is 3. The van der Waals surface area contributed by atoms with Crippen LogP contribution >= 0.6 is 0 Å². The molecule has 0 fully saturated rings. The van der Waals surface area contributed by atoms with Gasteiger partial charge in [0.05, 0.1) is 6.54 Å². The minimum atomic E-state index is -1.79. The standard InChI is InChI=1S/C12H9BF3NO3/c14-9-2-1-7(11(15)12(9)16)6-17-4-3-8(13(19)20)5-10(17)18/h1-5,19-20H,6H2. The maximum absolute atomic E-state index is 13.5. The number of pyridine rings is 1. The second-order valence-corrected chi connectivity index (χ2v) is 4.13.